The van der Waals surface area contributed by atoms with Crippen molar-refractivity contribution in [2.24, 2.45) is 0 Å². The van der Waals surface area contributed by atoms with Crippen LogP contribution >= 0.6 is 0 Å². The lowest BCUT2D eigenvalue weighted by molar-refractivity contribution is 0.672. The average Bonchev–Trinajstić information content (AvgIpc) is 4.08. The molecule has 15 aromatic rings. The summed E-state index contributed by atoms with van der Waals surface area (Å²) in [6.45, 7) is 0. The predicted octanol–water partition coefficient (Wildman–Crippen LogP) is 16.4. The van der Waals surface area contributed by atoms with Crippen molar-refractivity contribution in [2.75, 3.05) is 0 Å². The third-order valence-electron chi connectivity index (χ3n) is 14.1. The van der Waals surface area contributed by atoms with Crippen LogP contribution in [0.5, 0.6) is 0 Å². The van der Waals surface area contributed by atoms with E-state index in [9.17, 15) is 0 Å². The number of hydrogen-bond acceptors (Lipinski definition) is 4. The fraction of sp³-hybridized carbons (Fsp3) is 0. The molecule has 0 N–H and O–H groups in total. The van der Waals surface area contributed by atoms with Crippen LogP contribution in [-0.4, -0.2) is 24.1 Å². The first kappa shape index (κ1) is 37.8. The molecule has 0 radical (unpaired) electrons. The molecule has 0 unspecified atom stereocenters. The monoisotopic (exact) mass is 879 g/mol. The van der Waals surface area contributed by atoms with Gasteiger partial charge in [-0.15, -0.1) is 0 Å². The van der Waals surface area contributed by atoms with Crippen LogP contribution in [0.2, 0.25) is 0 Å². The lowest BCUT2D eigenvalue weighted by Gasteiger charge is -2.14. The Hall–Kier alpha value is -9.39. The maximum atomic E-state index is 7.11. The second-order valence-electron chi connectivity index (χ2n) is 18.0. The number of benzene rings is 11. The lowest BCUT2D eigenvalue weighted by atomic mass is 10.0. The van der Waals surface area contributed by atoms with Crippen molar-refractivity contribution < 1.29 is 4.42 Å². The fourth-order valence-corrected chi connectivity index (χ4v) is 11.0. The Bertz CT molecular complexity index is 4620. The summed E-state index contributed by atoms with van der Waals surface area (Å²) in [5.74, 6) is 1.71. The molecule has 0 atom stereocenters. The van der Waals surface area contributed by atoms with E-state index in [-0.39, 0.29) is 0 Å². The number of fused-ring (bicyclic) bond motifs is 13. The molecule has 0 bridgehead atoms. The minimum absolute atomic E-state index is 0.552. The van der Waals surface area contributed by atoms with Gasteiger partial charge in [-0.25, -0.2) is 15.0 Å². The number of para-hydroxylation sites is 4. The first-order valence-corrected chi connectivity index (χ1v) is 23.3. The number of nitrogens with zero attached hydrogens (tertiary/aromatic N) is 5. The smallest absolute Gasteiger partial charge is 0.166 e. The van der Waals surface area contributed by atoms with Gasteiger partial charge in [0.2, 0.25) is 0 Å². The molecule has 0 aliphatic carbocycles. The SMILES string of the molecule is c1ccc(-n2c3ccccc3c3cccc(-c4nc(-c5ccc6ccccc6c5)nc(-c5cc(-n6c7ccccc7c7cc8ccccc8cc76)cc6oc7c8ccccc8ccc7c56)n4)c32)cc1. The Morgan fingerprint density at radius 1 is 0.319 bits per heavy atom. The molecule has 69 heavy (non-hydrogen) atoms. The highest BCUT2D eigenvalue weighted by Crippen LogP contribution is 2.44. The van der Waals surface area contributed by atoms with Crippen LogP contribution in [0.4, 0.5) is 0 Å². The van der Waals surface area contributed by atoms with Crippen molar-refractivity contribution in [3.63, 3.8) is 0 Å². The van der Waals surface area contributed by atoms with Crippen molar-refractivity contribution in [3.05, 3.63) is 224 Å². The summed E-state index contributed by atoms with van der Waals surface area (Å²) in [6, 6.07) is 79.7. The van der Waals surface area contributed by atoms with Gasteiger partial charge in [0.05, 0.1) is 27.8 Å². The molecule has 11 aromatic carbocycles. The van der Waals surface area contributed by atoms with Crippen LogP contribution in [0, 0.1) is 0 Å². The van der Waals surface area contributed by atoms with Gasteiger partial charge in [-0.1, -0.05) is 158 Å². The standard InChI is InChI=1S/C63H37N5O/c1-2-20-44(21-3-1)68-55-28-13-10-23-47(55)49-25-14-26-51(59(49)68)62-64-61(43-30-29-38-15-4-5-17-40(38)33-43)65-63(66-62)53-36-45(37-57-58(53)50-32-31-39-16-8-9-22-46(39)60(50)69-57)67-54-27-12-11-24-48(54)52-34-41-18-6-7-19-42(41)35-56(52)67/h1-37H. The zero-order valence-corrected chi connectivity index (χ0v) is 37.0. The summed E-state index contributed by atoms with van der Waals surface area (Å²) in [6.07, 6.45) is 0. The Balaban J connectivity index is 1.08. The molecule has 320 valence electrons. The van der Waals surface area contributed by atoms with E-state index in [0.717, 1.165) is 104 Å². The molecular formula is C63H37N5O. The Morgan fingerprint density at radius 3 is 1.71 bits per heavy atom. The predicted molar refractivity (Wildman–Crippen MR) is 285 cm³/mol. The quantitative estimate of drug-likeness (QED) is 0.173. The van der Waals surface area contributed by atoms with E-state index in [2.05, 4.69) is 234 Å². The van der Waals surface area contributed by atoms with E-state index < -0.39 is 0 Å². The topological polar surface area (TPSA) is 61.7 Å². The van der Waals surface area contributed by atoms with Gasteiger partial charge in [0, 0.05) is 66.1 Å². The highest BCUT2D eigenvalue weighted by Gasteiger charge is 2.24. The summed E-state index contributed by atoms with van der Waals surface area (Å²) < 4.78 is 11.8. The first-order chi connectivity index (χ1) is 34.2. The second kappa shape index (κ2) is 14.6. The maximum Gasteiger partial charge on any atom is 0.166 e. The van der Waals surface area contributed by atoms with Gasteiger partial charge in [0.1, 0.15) is 11.2 Å². The molecule has 6 nitrogen and oxygen atoms in total. The number of aromatic nitrogens is 5. The fourth-order valence-electron chi connectivity index (χ4n) is 11.0. The van der Waals surface area contributed by atoms with E-state index in [4.69, 9.17) is 19.4 Å². The van der Waals surface area contributed by atoms with Crippen LogP contribution < -0.4 is 0 Å². The van der Waals surface area contributed by atoms with Crippen LogP contribution in [0.25, 0.3) is 143 Å². The second-order valence-corrected chi connectivity index (χ2v) is 18.0. The minimum Gasteiger partial charge on any atom is -0.455 e. The van der Waals surface area contributed by atoms with Gasteiger partial charge >= 0.3 is 0 Å². The third kappa shape index (κ3) is 5.69. The highest BCUT2D eigenvalue weighted by molar-refractivity contribution is 6.20. The molecular weight excluding hydrogens is 843 g/mol. The first-order valence-electron chi connectivity index (χ1n) is 23.3. The molecule has 0 aliphatic heterocycles. The normalized spacial score (nSPS) is 12.1. The zero-order chi connectivity index (χ0) is 45.2. The lowest BCUT2D eigenvalue weighted by Crippen LogP contribution is -2.03. The van der Waals surface area contributed by atoms with Gasteiger partial charge in [-0.05, 0) is 87.6 Å². The molecule has 0 amide bonds. The van der Waals surface area contributed by atoms with Crippen LogP contribution in [0.3, 0.4) is 0 Å². The molecule has 0 spiro atoms. The Kier molecular flexibility index (Phi) is 7.97. The summed E-state index contributed by atoms with van der Waals surface area (Å²) in [7, 11) is 0. The van der Waals surface area contributed by atoms with Gasteiger partial charge in [0.15, 0.2) is 17.5 Å². The van der Waals surface area contributed by atoms with Crippen molar-refractivity contribution in [1.29, 1.82) is 0 Å². The zero-order valence-electron chi connectivity index (χ0n) is 37.0. The van der Waals surface area contributed by atoms with E-state index >= 15 is 0 Å². The van der Waals surface area contributed by atoms with E-state index in [0.29, 0.717) is 17.5 Å². The molecule has 0 saturated carbocycles. The van der Waals surface area contributed by atoms with Crippen molar-refractivity contribution in [3.8, 4) is 45.5 Å². The number of rotatable bonds is 5. The van der Waals surface area contributed by atoms with E-state index in [1.165, 1.54) is 21.5 Å². The number of hydrogen-bond donors (Lipinski definition) is 0. The maximum absolute atomic E-state index is 7.11. The summed E-state index contributed by atoms with van der Waals surface area (Å²) >= 11 is 0. The number of furan rings is 1. The molecule has 4 heterocycles. The molecule has 4 aromatic heterocycles. The summed E-state index contributed by atoms with van der Waals surface area (Å²) in [4.78, 5) is 16.6. The van der Waals surface area contributed by atoms with Crippen LogP contribution in [0.15, 0.2) is 229 Å². The molecule has 15 rings (SSSR count). The van der Waals surface area contributed by atoms with Crippen LogP contribution in [0.1, 0.15) is 0 Å². The van der Waals surface area contributed by atoms with Gasteiger partial charge in [0.25, 0.3) is 0 Å². The highest BCUT2D eigenvalue weighted by atomic mass is 16.3. The molecule has 6 heteroatoms. The van der Waals surface area contributed by atoms with Gasteiger partial charge in [-0.3, -0.25) is 0 Å². The molecule has 0 aliphatic rings. The Morgan fingerprint density at radius 2 is 0.913 bits per heavy atom. The largest absolute Gasteiger partial charge is 0.455 e. The third-order valence-corrected chi connectivity index (χ3v) is 14.1. The Labute approximate surface area is 394 Å². The molecule has 0 fully saturated rings. The summed E-state index contributed by atoms with van der Waals surface area (Å²) in [5, 5.41) is 13.4. The summed E-state index contributed by atoms with van der Waals surface area (Å²) in [5.41, 5.74) is 10.6. The molecule has 0 saturated heterocycles. The van der Waals surface area contributed by atoms with Crippen LogP contribution in [-0.2, 0) is 0 Å². The average molecular weight is 880 g/mol. The van der Waals surface area contributed by atoms with Gasteiger partial charge < -0.3 is 13.6 Å². The van der Waals surface area contributed by atoms with E-state index in [1.54, 1.807) is 0 Å². The minimum atomic E-state index is 0.552. The van der Waals surface area contributed by atoms with Crippen molar-refractivity contribution in [1.82, 2.24) is 24.1 Å². The van der Waals surface area contributed by atoms with Gasteiger partial charge in [-0.2, -0.15) is 0 Å². The van der Waals surface area contributed by atoms with E-state index in [1.807, 2.05) is 0 Å². The van der Waals surface area contributed by atoms with Crippen molar-refractivity contribution in [2.45, 2.75) is 0 Å². The van der Waals surface area contributed by atoms with Crippen molar-refractivity contribution >= 4 is 97.9 Å².